The van der Waals surface area contributed by atoms with Gasteiger partial charge in [-0.1, -0.05) is 30.3 Å². The third-order valence-corrected chi connectivity index (χ3v) is 4.80. The van der Waals surface area contributed by atoms with Gasteiger partial charge in [-0.25, -0.2) is 0 Å². The van der Waals surface area contributed by atoms with Crippen molar-refractivity contribution in [3.05, 3.63) is 60.2 Å². The second-order valence-electron chi connectivity index (χ2n) is 6.56. The van der Waals surface area contributed by atoms with Crippen LogP contribution in [0.25, 0.3) is 0 Å². The van der Waals surface area contributed by atoms with E-state index in [1.54, 1.807) is 7.11 Å². The molecule has 1 aliphatic heterocycles. The smallest absolute Gasteiger partial charge is 0.227 e. The summed E-state index contributed by atoms with van der Waals surface area (Å²) >= 11 is 0. The summed E-state index contributed by atoms with van der Waals surface area (Å²) in [6.07, 6.45) is 2.72. The van der Waals surface area contributed by atoms with Crippen molar-refractivity contribution in [3.8, 4) is 5.75 Å². The summed E-state index contributed by atoms with van der Waals surface area (Å²) in [4.78, 5) is 14.8. The summed E-state index contributed by atoms with van der Waals surface area (Å²) in [5.41, 5.74) is 2.05. The molecule has 1 heterocycles. The second-order valence-corrected chi connectivity index (χ2v) is 6.56. The van der Waals surface area contributed by atoms with Crippen molar-refractivity contribution < 1.29 is 9.53 Å². The molecule has 1 atom stereocenters. The highest BCUT2D eigenvalue weighted by Crippen LogP contribution is 2.23. The number of hydrogen-bond acceptors (Lipinski definition) is 3. The monoisotopic (exact) mass is 374 g/mol. The summed E-state index contributed by atoms with van der Waals surface area (Å²) in [6.45, 7) is 2.70. The molecule has 0 aromatic heterocycles. The van der Waals surface area contributed by atoms with Crippen LogP contribution in [0.3, 0.4) is 0 Å². The average Bonchev–Trinajstić information content (AvgIpc) is 3.19. The Hall–Kier alpha value is -2.04. The maximum absolute atomic E-state index is 12.9. The first-order valence-electron chi connectivity index (χ1n) is 8.95. The molecule has 2 aromatic rings. The molecule has 0 bridgehead atoms. The predicted molar refractivity (Wildman–Crippen MR) is 108 cm³/mol. The fourth-order valence-electron chi connectivity index (χ4n) is 3.28. The number of carbonyl (C=O) groups is 1. The zero-order valence-electron chi connectivity index (χ0n) is 15.2. The van der Waals surface area contributed by atoms with Gasteiger partial charge in [-0.05, 0) is 61.7 Å². The van der Waals surface area contributed by atoms with E-state index in [4.69, 9.17) is 4.74 Å². The van der Waals surface area contributed by atoms with Crippen molar-refractivity contribution in [1.29, 1.82) is 0 Å². The van der Waals surface area contributed by atoms with Gasteiger partial charge in [0.25, 0.3) is 0 Å². The number of anilines is 1. The van der Waals surface area contributed by atoms with Gasteiger partial charge in [-0.2, -0.15) is 0 Å². The largest absolute Gasteiger partial charge is 0.497 e. The van der Waals surface area contributed by atoms with Crippen molar-refractivity contribution in [2.45, 2.75) is 25.8 Å². The molecule has 5 heteroatoms. The van der Waals surface area contributed by atoms with Gasteiger partial charge < -0.3 is 15.0 Å². The molecule has 1 fully saturated rings. The van der Waals surface area contributed by atoms with E-state index in [2.05, 4.69) is 17.4 Å². The second kappa shape index (κ2) is 10.2. The van der Waals surface area contributed by atoms with Crippen molar-refractivity contribution in [2.75, 3.05) is 25.1 Å². The number of rotatable bonds is 7. The Labute approximate surface area is 162 Å². The summed E-state index contributed by atoms with van der Waals surface area (Å²) in [5, 5.41) is 3.37. The Morgan fingerprint density at radius 2 is 1.88 bits per heavy atom. The first-order chi connectivity index (χ1) is 12.3. The number of halogens is 1. The minimum atomic E-state index is 0. The van der Waals surface area contributed by atoms with Crippen LogP contribution in [-0.2, 0) is 11.3 Å². The lowest BCUT2D eigenvalue weighted by molar-refractivity contribution is -0.119. The standard InChI is InChI=1S/C21H26N2O2.ClH/c1-25-20-10-8-19(9-11-20)23(16-18-5-3-2-4-6-18)21(24)12-7-17-13-14-22-15-17;/h2-6,8-11,17,22H,7,12-16H2,1H3;1H. The van der Waals surface area contributed by atoms with Gasteiger partial charge in [0.1, 0.15) is 5.75 Å². The highest BCUT2D eigenvalue weighted by molar-refractivity contribution is 5.93. The zero-order chi connectivity index (χ0) is 17.5. The van der Waals surface area contributed by atoms with Crippen LogP contribution < -0.4 is 15.0 Å². The van der Waals surface area contributed by atoms with E-state index in [1.165, 1.54) is 6.42 Å². The number of nitrogens with one attached hydrogen (secondary N) is 1. The van der Waals surface area contributed by atoms with Gasteiger partial charge in [0.2, 0.25) is 5.91 Å². The number of ether oxygens (including phenoxy) is 1. The Bertz CT molecular complexity index is 670. The molecule has 1 N–H and O–H groups in total. The lowest BCUT2D eigenvalue weighted by atomic mass is 10.0. The van der Waals surface area contributed by atoms with Gasteiger partial charge in [0.05, 0.1) is 13.7 Å². The van der Waals surface area contributed by atoms with Crippen molar-refractivity contribution >= 4 is 24.0 Å². The first-order valence-corrected chi connectivity index (χ1v) is 8.95. The molecule has 0 radical (unpaired) electrons. The van der Waals surface area contributed by atoms with E-state index in [0.717, 1.165) is 36.5 Å². The molecule has 0 saturated carbocycles. The summed E-state index contributed by atoms with van der Waals surface area (Å²) in [5.74, 6) is 1.60. The van der Waals surface area contributed by atoms with Crippen LogP contribution in [0, 0.1) is 5.92 Å². The average molecular weight is 375 g/mol. The number of amides is 1. The van der Waals surface area contributed by atoms with Crippen LogP contribution in [0.2, 0.25) is 0 Å². The molecular weight excluding hydrogens is 348 g/mol. The third-order valence-electron chi connectivity index (χ3n) is 4.80. The molecule has 0 aliphatic carbocycles. The molecule has 0 spiro atoms. The lowest BCUT2D eigenvalue weighted by Gasteiger charge is -2.24. The number of carbonyl (C=O) groups excluding carboxylic acids is 1. The van der Waals surface area contributed by atoms with Gasteiger partial charge >= 0.3 is 0 Å². The zero-order valence-corrected chi connectivity index (χ0v) is 16.0. The number of methoxy groups -OCH3 is 1. The minimum absolute atomic E-state index is 0. The quantitative estimate of drug-likeness (QED) is 0.795. The minimum Gasteiger partial charge on any atom is -0.497 e. The van der Waals surface area contributed by atoms with E-state index >= 15 is 0 Å². The van der Waals surface area contributed by atoms with Crippen LogP contribution in [0.15, 0.2) is 54.6 Å². The van der Waals surface area contributed by atoms with Crippen LogP contribution in [-0.4, -0.2) is 26.1 Å². The van der Waals surface area contributed by atoms with Gasteiger partial charge in [-0.3, -0.25) is 4.79 Å². The van der Waals surface area contributed by atoms with E-state index in [1.807, 2.05) is 47.4 Å². The van der Waals surface area contributed by atoms with E-state index in [0.29, 0.717) is 18.9 Å². The fraction of sp³-hybridized carbons (Fsp3) is 0.381. The number of hydrogen-bond donors (Lipinski definition) is 1. The Morgan fingerprint density at radius 1 is 1.15 bits per heavy atom. The SMILES string of the molecule is COc1ccc(N(Cc2ccccc2)C(=O)CCC2CCNC2)cc1.Cl. The van der Waals surface area contributed by atoms with E-state index in [-0.39, 0.29) is 18.3 Å². The molecule has 3 rings (SSSR count). The van der Waals surface area contributed by atoms with Gasteiger partial charge in [0.15, 0.2) is 0 Å². The summed E-state index contributed by atoms with van der Waals surface area (Å²) in [6, 6.07) is 17.9. The topological polar surface area (TPSA) is 41.6 Å². The Morgan fingerprint density at radius 3 is 2.50 bits per heavy atom. The lowest BCUT2D eigenvalue weighted by Crippen LogP contribution is -2.30. The molecule has 2 aromatic carbocycles. The van der Waals surface area contributed by atoms with Crippen LogP contribution in [0.4, 0.5) is 5.69 Å². The van der Waals surface area contributed by atoms with E-state index in [9.17, 15) is 4.79 Å². The van der Waals surface area contributed by atoms with Crippen molar-refractivity contribution in [2.24, 2.45) is 5.92 Å². The van der Waals surface area contributed by atoms with Crippen LogP contribution >= 0.6 is 12.4 Å². The molecule has 140 valence electrons. The predicted octanol–water partition coefficient (Wildman–Crippen LogP) is 4.04. The molecule has 1 aliphatic rings. The maximum Gasteiger partial charge on any atom is 0.227 e. The summed E-state index contributed by atoms with van der Waals surface area (Å²) < 4.78 is 5.23. The molecule has 4 nitrogen and oxygen atoms in total. The fourth-order valence-corrected chi connectivity index (χ4v) is 3.28. The number of benzene rings is 2. The van der Waals surface area contributed by atoms with Gasteiger partial charge in [-0.15, -0.1) is 12.4 Å². The maximum atomic E-state index is 12.9. The molecular formula is C21H27ClN2O2. The van der Waals surface area contributed by atoms with Crippen LogP contribution in [0.5, 0.6) is 5.75 Å². The van der Waals surface area contributed by atoms with Crippen molar-refractivity contribution in [1.82, 2.24) is 5.32 Å². The first kappa shape index (κ1) is 20.3. The summed E-state index contributed by atoms with van der Waals surface area (Å²) in [7, 11) is 1.65. The Kier molecular flexibility index (Phi) is 7.95. The van der Waals surface area contributed by atoms with Crippen LogP contribution in [0.1, 0.15) is 24.8 Å². The van der Waals surface area contributed by atoms with E-state index < -0.39 is 0 Å². The number of nitrogens with zero attached hydrogens (tertiary/aromatic N) is 1. The molecule has 1 unspecified atom stereocenters. The van der Waals surface area contributed by atoms with Gasteiger partial charge in [0, 0.05) is 12.1 Å². The highest BCUT2D eigenvalue weighted by atomic mass is 35.5. The highest BCUT2D eigenvalue weighted by Gasteiger charge is 2.20. The third kappa shape index (κ3) is 5.48. The molecule has 26 heavy (non-hydrogen) atoms. The normalized spacial score (nSPS) is 16.0. The molecule has 1 saturated heterocycles. The van der Waals surface area contributed by atoms with Crippen molar-refractivity contribution in [3.63, 3.8) is 0 Å². The molecule has 1 amide bonds. The Balaban J connectivity index is 0.00000243.